The fraction of sp³-hybridized carbons (Fsp3) is 0.263. The van der Waals surface area contributed by atoms with E-state index in [4.69, 9.17) is 5.11 Å². The highest BCUT2D eigenvalue weighted by molar-refractivity contribution is 7.80. The van der Waals surface area contributed by atoms with Crippen LogP contribution in [-0.2, 0) is 11.2 Å². The van der Waals surface area contributed by atoms with Gasteiger partial charge in [0.05, 0.1) is 5.56 Å². The lowest BCUT2D eigenvalue weighted by atomic mass is 9.92. The SMILES string of the molecule is CCCc1cccc(-c2ccccc2)c1C(=O)N[C@@H](CS)C(=O)O. The molecule has 1 atom stereocenters. The monoisotopic (exact) mass is 343 g/mol. The molecule has 0 aromatic heterocycles. The summed E-state index contributed by atoms with van der Waals surface area (Å²) in [7, 11) is 0. The van der Waals surface area contributed by atoms with E-state index in [-0.39, 0.29) is 11.7 Å². The van der Waals surface area contributed by atoms with Gasteiger partial charge < -0.3 is 10.4 Å². The molecule has 4 nitrogen and oxygen atoms in total. The van der Waals surface area contributed by atoms with Crippen LogP contribution in [0.25, 0.3) is 11.1 Å². The van der Waals surface area contributed by atoms with Crippen molar-refractivity contribution < 1.29 is 14.7 Å². The number of benzene rings is 2. The van der Waals surface area contributed by atoms with Crippen LogP contribution in [0.1, 0.15) is 29.3 Å². The minimum Gasteiger partial charge on any atom is -0.480 e. The fourth-order valence-electron chi connectivity index (χ4n) is 2.62. The first kappa shape index (κ1) is 18.1. The molecule has 126 valence electrons. The van der Waals surface area contributed by atoms with Crippen LogP contribution in [-0.4, -0.2) is 28.8 Å². The van der Waals surface area contributed by atoms with Gasteiger partial charge in [-0.2, -0.15) is 12.6 Å². The van der Waals surface area contributed by atoms with E-state index in [0.717, 1.165) is 29.5 Å². The molecule has 0 bridgehead atoms. The van der Waals surface area contributed by atoms with E-state index in [1.807, 2.05) is 55.5 Å². The molecule has 2 rings (SSSR count). The lowest BCUT2D eigenvalue weighted by Gasteiger charge is -2.17. The Morgan fingerprint density at radius 2 is 1.83 bits per heavy atom. The van der Waals surface area contributed by atoms with Crippen molar-refractivity contribution in [3.63, 3.8) is 0 Å². The van der Waals surface area contributed by atoms with E-state index in [1.54, 1.807) is 0 Å². The molecule has 0 saturated heterocycles. The molecular weight excluding hydrogens is 322 g/mol. The van der Waals surface area contributed by atoms with Crippen LogP contribution in [0.5, 0.6) is 0 Å². The highest BCUT2D eigenvalue weighted by atomic mass is 32.1. The first-order valence-electron chi connectivity index (χ1n) is 7.90. The first-order valence-corrected chi connectivity index (χ1v) is 8.53. The molecule has 0 aliphatic heterocycles. The van der Waals surface area contributed by atoms with E-state index >= 15 is 0 Å². The summed E-state index contributed by atoms with van der Waals surface area (Å²) in [5, 5.41) is 11.7. The van der Waals surface area contributed by atoms with Crippen LogP contribution in [0.2, 0.25) is 0 Å². The molecule has 0 saturated carbocycles. The van der Waals surface area contributed by atoms with Crippen molar-refractivity contribution in [3.05, 3.63) is 59.7 Å². The van der Waals surface area contributed by atoms with Crippen molar-refractivity contribution in [1.82, 2.24) is 5.32 Å². The topological polar surface area (TPSA) is 66.4 Å². The number of carbonyl (C=O) groups is 2. The maximum absolute atomic E-state index is 12.8. The van der Waals surface area contributed by atoms with Crippen LogP contribution in [0.3, 0.4) is 0 Å². The lowest BCUT2D eigenvalue weighted by Crippen LogP contribution is -2.42. The van der Waals surface area contributed by atoms with Crippen LogP contribution in [0.4, 0.5) is 0 Å². The van der Waals surface area contributed by atoms with Gasteiger partial charge in [-0.3, -0.25) is 4.79 Å². The quantitative estimate of drug-likeness (QED) is 0.675. The number of nitrogens with one attached hydrogen (secondary N) is 1. The van der Waals surface area contributed by atoms with Crippen LogP contribution in [0.15, 0.2) is 48.5 Å². The fourth-order valence-corrected chi connectivity index (χ4v) is 2.87. The summed E-state index contributed by atoms with van der Waals surface area (Å²) in [6, 6.07) is 14.3. The number of aliphatic carboxylic acids is 1. The second-order valence-corrected chi connectivity index (χ2v) is 5.87. The van der Waals surface area contributed by atoms with Crippen molar-refractivity contribution in [3.8, 4) is 11.1 Å². The summed E-state index contributed by atoms with van der Waals surface area (Å²) in [5.41, 5.74) is 3.19. The summed E-state index contributed by atoms with van der Waals surface area (Å²) in [5.74, 6) is -1.43. The number of carbonyl (C=O) groups excluding carboxylic acids is 1. The summed E-state index contributed by atoms with van der Waals surface area (Å²) in [6.45, 7) is 2.05. The van der Waals surface area contributed by atoms with Gasteiger partial charge in [0.25, 0.3) is 5.91 Å². The summed E-state index contributed by atoms with van der Waals surface area (Å²) in [6.07, 6.45) is 1.65. The minimum atomic E-state index is -1.09. The molecule has 2 aromatic rings. The molecule has 5 heteroatoms. The minimum absolute atomic E-state index is 0.0394. The van der Waals surface area contributed by atoms with E-state index in [0.29, 0.717) is 5.56 Å². The Morgan fingerprint density at radius 3 is 2.42 bits per heavy atom. The van der Waals surface area contributed by atoms with Crippen molar-refractivity contribution in [2.45, 2.75) is 25.8 Å². The van der Waals surface area contributed by atoms with Crippen LogP contribution in [0, 0.1) is 0 Å². The Bertz CT molecular complexity index is 716. The number of carboxylic acid groups (broad SMARTS) is 1. The van der Waals surface area contributed by atoms with Gasteiger partial charge in [0.1, 0.15) is 6.04 Å². The van der Waals surface area contributed by atoms with Crippen molar-refractivity contribution in [2.24, 2.45) is 0 Å². The van der Waals surface area contributed by atoms with Gasteiger partial charge in [0.15, 0.2) is 0 Å². The summed E-state index contributed by atoms with van der Waals surface area (Å²) < 4.78 is 0. The predicted octanol–water partition coefficient (Wildman–Crippen LogP) is 3.42. The molecule has 0 radical (unpaired) electrons. The van der Waals surface area contributed by atoms with Gasteiger partial charge in [0.2, 0.25) is 0 Å². The van der Waals surface area contributed by atoms with Crippen molar-refractivity contribution in [2.75, 3.05) is 5.75 Å². The van der Waals surface area contributed by atoms with Gasteiger partial charge in [0, 0.05) is 5.75 Å². The number of amides is 1. The second-order valence-electron chi connectivity index (χ2n) is 5.50. The second kappa shape index (κ2) is 8.55. The first-order chi connectivity index (χ1) is 11.6. The average molecular weight is 343 g/mol. The van der Waals surface area contributed by atoms with E-state index in [2.05, 4.69) is 17.9 Å². The van der Waals surface area contributed by atoms with Gasteiger partial charge in [-0.1, -0.05) is 61.9 Å². The summed E-state index contributed by atoms with van der Waals surface area (Å²) in [4.78, 5) is 24.0. The van der Waals surface area contributed by atoms with Gasteiger partial charge in [-0.25, -0.2) is 4.79 Å². The zero-order valence-electron chi connectivity index (χ0n) is 13.5. The molecule has 24 heavy (non-hydrogen) atoms. The molecule has 0 heterocycles. The van der Waals surface area contributed by atoms with E-state index in [1.165, 1.54) is 0 Å². The number of aryl methyl sites for hydroxylation is 1. The average Bonchev–Trinajstić information content (AvgIpc) is 2.60. The Morgan fingerprint density at radius 1 is 1.12 bits per heavy atom. The van der Waals surface area contributed by atoms with Crippen molar-refractivity contribution >= 4 is 24.5 Å². The lowest BCUT2D eigenvalue weighted by molar-refractivity contribution is -0.138. The molecular formula is C19H21NO3S. The molecule has 0 aliphatic rings. The van der Waals surface area contributed by atoms with Crippen molar-refractivity contribution in [1.29, 1.82) is 0 Å². The Hall–Kier alpha value is -2.27. The van der Waals surface area contributed by atoms with Gasteiger partial charge >= 0.3 is 5.97 Å². The third-order valence-electron chi connectivity index (χ3n) is 3.77. The normalized spacial score (nSPS) is 11.8. The Kier molecular flexibility index (Phi) is 6.44. The van der Waals surface area contributed by atoms with Crippen LogP contribution >= 0.6 is 12.6 Å². The number of hydrogen-bond acceptors (Lipinski definition) is 3. The smallest absolute Gasteiger partial charge is 0.327 e. The Balaban J connectivity index is 2.49. The number of thiol groups is 1. The number of rotatable bonds is 7. The standard InChI is InChI=1S/C19H21NO3S/c1-2-7-14-10-6-11-15(13-8-4-3-5-9-13)17(14)18(21)20-16(12-24)19(22)23/h3-6,8-11,16,24H,2,7,12H2,1H3,(H,20,21)(H,22,23)/t16-/m0/s1. The maximum Gasteiger partial charge on any atom is 0.327 e. The zero-order valence-corrected chi connectivity index (χ0v) is 14.4. The number of carboxylic acids is 1. The molecule has 0 aliphatic carbocycles. The third kappa shape index (κ3) is 4.17. The number of hydrogen-bond donors (Lipinski definition) is 3. The molecule has 1 amide bonds. The maximum atomic E-state index is 12.8. The van der Waals surface area contributed by atoms with E-state index in [9.17, 15) is 9.59 Å². The molecule has 2 N–H and O–H groups in total. The van der Waals surface area contributed by atoms with E-state index < -0.39 is 12.0 Å². The van der Waals surface area contributed by atoms with Crippen LogP contribution < -0.4 is 5.32 Å². The van der Waals surface area contributed by atoms with Gasteiger partial charge in [-0.05, 0) is 23.1 Å². The highest BCUT2D eigenvalue weighted by Crippen LogP contribution is 2.27. The van der Waals surface area contributed by atoms with Gasteiger partial charge in [-0.15, -0.1) is 0 Å². The molecule has 0 unspecified atom stereocenters. The predicted molar refractivity (Wildman–Crippen MR) is 98.6 cm³/mol. The molecule has 0 fully saturated rings. The third-order valence-corrected chi connectivity index (χ3v) is 4.13. The zero-order chi connectivity index (χ0) is 17.5. The molecule has 0 spiro atoms. The summed E-state index contributed by atoms with van der Waals surface area (Å²) >= 11 is 4.01. The largest absolute Gasteiger partial charge is 0.480 e. The molecule has 2 aromatic carbocycles. The Labute approximate surface area is 147 Å². The highest BCUT2D eigenvalue weighted by Gasteiger charge is 2.23.